The Morgan fingerprint density at radius 1 is 1.48 bits per heavy atom. The third-order valence-electron chi connectivity index (χ3n) is 2.94. The van der Waals surface area contributed by atoms with E-state index in [-0.39, 0.29) is 5.91 Å². The van der Waals surface area contributed by atoms with Crippen molar-refractivity contribution in [2.45, 2.75) is 13.3 Å². The maximum absolute atomic E-state index is 12.2. The van der Waals surface area contributed by atoms with Crippen molar-refractivity contribution in [1.29, 1.82) is 0 Å². The molecule has 0 saturated carbocycles. The summed E-state index contributed by atoms with van der Waals surface area (Å²) in [6.07, 6.45) is 4.17. The highest BCUT2D eigenvalue weighted by Crippen LogP contribution is 2.30. The first-order chi connectivity index (χ1) is 10.2. The number of aromatic amines is 1. The fraction of sp³-hybridized carbons (Fsp3) is 0.214. The van der Waals surface area contributed by atoms with Crippen LogP contribution < -0.4 is 5.32 Å². The second-order valence-corrected chi connectivity index (χ2v) is 6.40. The molecule has 5 nitrogen and oxygen atoms in total. The van der Waals surface area contributed by atoms with E-state index in [4.69, 9.17) is 0 Å². The van der Waals surface area contributed by atoms with Gasteiger partial charge in [0.15, 0.2) is 0 Å². The maximum atomic E-state index is 12.2. The highest BCUT2D eigenvalue weighted by molar-refractivity contribution is 7.22. The summed E-state index contributed by atoms with van der Waals surface area (Å²) < 4.78 is 0. The number of aryl methyl sites for hydroxylation is 1. The third kappa shape index (κ3) is 3.20. The van der Waals surface area contributed by atoms with Crippen LogP contribution in [0.2, 0.25) is 0 Å². The molecular weight excluding hydrogens is 304 g/mol. The Kier molecular flexibility index (Phi) is 4.12. The van der Waals surface area contributed by atoms with Crippen molar-refractivity contribution >= 4 is 28.6 Å². The summed E-state index contributed by atoms with van der Waals surface area (Å²) in [4.78, 5) is 25.6. The molecular formula is C14H14N4OS2. The molecule has 3 rings (SSSR count). The van der Waals surface area contributed by atoms with Crippen molar-refractivity contribution in [2.24, 2.45) is 0 Å². The van der Waals surface area contributed by atoms with E-state index in [0.717, 1.165) is 21.4 Å². The smallest absolute Gasteiger partial charge is 0.263 e. The molecule has 7 heteroatoms. The summed E-state index contributed by atoms with van der Waals surface area (Å²) in [6.45, 7) is 2.42. The Bertz CT molecular complexity index is 716. The molecule has 0 bridgehead atoms. The van der Waals surface area contributed by atoms with Gasteiger partial charge in [0.2, 0.25) is 0 Å². The van der Waals surface area contributed by atoms with Crippen molar-refractivity contribution < 1.29 is 4.79 Å². The minimum Gasteiger partial charge on any atom is -0.351 e. The van der Waals surface area contributed by atoms with Gasteiger partial charge in [-0.15, -0.1) is 22.7 Å². The number of carbonyl (C=O) groups is 1. The zero-order valence-electron chi connectivity index (χ0n) is 11.4. The van der Waals surface area contributed by atoms with Crippen LogP contribution in [0.15, 0.2) is 29.9 Å². The van der Waals surface area contributed by atoms with Gasteiger partial charge in [0.25, 0.3) is 5.91 Å². The molecule has 3 heterocycles. The molecule has 0 aliphatic carbocycles. The lowest BCUT2D eigenvalue weighted by Crippen LogP contribution is -2.25. The van der Waals surface area contributed by atoms with E-state index in [1.165, 1.54) is 11.3 Å². The monoisotopic (exact) mass is 318 g/mol. The van der Waals surface area contributed by atoms with Gasteiger partial charge in [-0.25, -0.2) is 9.97 Å². The van der Waals surface area contributed by atoms with Crippen LogP contribution in [0.25, 0.3) is 9.88 Å². The van der Waals surface area contributed by atoms with E-state index in [0.29, 0.717) is 17.8 Å². The molecule has 3 aromatic heterocycles. The lowest BCUT2D eigenvalue weighted by atomic mass is 10.3. The molecule has 0 aliphatic heterocycles. The highest BCUT2D eigenvalue weighted by atomic mass is 32.1. The van der Waals surface area contributed by atoms with Crippen molar-refractivity contribution in [3.8, 4) is 9.88 Å². The Labute approximate surface area is 130 Å². The minimum atomic E-state index is -0.0700. The number of aromatic nitrogens is 3. The molecule has 3 aromatic rings. The van der Waals surface area contributed by atoms with Gasteiger partial charge in [-0.2, -0.15) is 0 Å². The van der Waals surface area contributed by atoms with Crippen LogP contribution in [0.3, 0.4) is 0 Å². The maximum Gasteiger partial charge on any atom is 0.263 e. The number of H-pyrrole nitrogens is 1. The molecule has 2 N–H and O–H groups in total. The number of thiophene rings is 1. The number of amides is 1. The molecule has 0 spiro atoms. The van der Waals surface area contributed by atoms with Gasteiger partial charge in [-0.05, 0) is 18.4 Å². The van der Waals surface area contributed by atoms with Gasteiger partial charge in [0.1, 0.15) is 15.7 Å². The molecule has 0 unspecified atom stereocenters. The number of carbonyl (C=O) groups excluding carboxylic acids is 1. The number of nitrogens with zero attached hydrogens (tertiary/aromatic N) is 2. The van der Waals surface area contributed by atoms with Crippen LogP contribution >= 0.6 is 22.7 Å². The van der Waals surface area contributed by atoms with Crippen LogP contribution in [0.5, 0.6) is 0 Å². The van der Waals surface area contributed by atoms with E-state index >= 15 is 0 Å². The third-order valence-corrected chi connectivity index (χ3v) is 5.13. The fourth-order valence-electron chi connectivity index (χ4n) is 1.92. The van der Waals surface area contributed by atoms with Gasteiger partial charge in [0, 0.05) is 25.4 Å². The lowest BCUT2D eigenvalue weighted by molar-refractivity contribution is 0.0957. The van der Waals surface area contributed by atoms with Crippen LogP contribution in [0.1, 0.15) is 21.2 Å². The number of nitrogens with one attached hydrogen (secondary N) is 2. The average Bonchev–Trinajstić information content (AvgIpc) is 3.19. The quantitative estimate of drug-likeness (QED) is 0.760. The molecule has 0 aromatic carbocycles. The summed E-state index contributed by atoms with van der Waals surface area (Å²) in [5, 5.41) is 5.82. The average molecular weight is 318 g/mol. The fourth-order valence-corrected chi connectivity index (χ4v) is 3.70. The van der Waals surface area contributed by atoms with Gasteiger partial charge >= 0.3 is 0 Å². The molecule has 0 atom stereocenters. The van der Waals surface area contributed by atoms with Crippen LogP contribution in [0.4, 0.5) is 0 Å². The Morgan fingerprint density at radius 2 is 2.38 bits per heavy atom. The Balaban J connectivity index is 1.64. The Hall–Kier alpha value is -1.99. The summed E-state index contributed by atoms with van der Waals surface area (Å²) in [5.74, 6) is 0.801. The zero-order chi connectivity index (χ0) is 14.7. The minimum absolute atomic E-state index is 0.0700. The number of rotatable bonds is 5. The van der Waals surface area contributed by atoms with Gasteiger partial charge in [0.05, 0.1) is 10.6 Å². The summed E-state index contributed by atoms with van der Waals surface area (Å²) in [6, 6.07) is 4.00. The molecule has 1 amide bonds. The van der Waals surface area contributed by atoms with E-state index in [9.17, 15) is 4.79 Å². The number of hydrogen-bond donors (Lipinski definition) is 2. The predicted octanol–water partition coefficient (Wildman–Crippen LogP) is 2.88. The second kappa shape index (κ2) is 6.19. The molecule has 108 valence electrons. The number of imidazole rings is 1. The first-order valence-electron chi connectivity index (χ1n) is 6.52. The SMILES string of the molecule is Cc1nc(-c2cccs2)sc1C(=O)NCCc1ncc[nH]1. The summed E-state index contributed by atoms with van der Waals surface area (Å²) in [5.41, 5.74) is 0.777. The predicted molar refractivity (Wildman–Crippen MR) is 84.8 cm³/mol. The number of hydrogen-bond acceptors (Lipinski definition) is 5. The molecule has 0 saturated heterocycles. The van der Waals surface area contributed by atoms with E-state index in [2.05, 4.69) is 20.3 Å². The molecule has 21 heavy (non-hydrogen) atoms. The second-order valence-electron chi connectivity index (χ2n) is 4.45. The molecule has 0 aliphatic rings. The van der Waals surface area contributed by atoms with E-state index < -0.39 is 0 Å². The van der Waals surface area contributed by atoms with Crippen LogP contribution in [0, 0.1) is 6.92 Å². The first kappa shape index (κ1) is 14.0. The van der Waals surface area contributed by atoms with E-state index in [1.54, 1.807) is 23.7 Å². The normalized spacial score (nSPS) is 10.7. The first-order valence-corrected chi connectivity index (χ1v) is 8.21. The van der Waals surface area contributed by atoms with Crippen molar-refractivity contribution in [2.75, 3.05) is 6.54 Å². The molecule has 0 radical (unpaired) electrons. The van der Waals surface area contributed by atoms with Crippen LogP contribution in [-0.2, 0) is 6.42 Å². The Morgan fingerprint density at radius 3 is 3.10 bits per heavy atom. The largest absolute Gasteiger partial charge is 0.351 e. The van der Waals surface area contributed by atoms with Crippen molar-refractivity contribution in [3.63, 3.8) is 0 Å². The van der Waals surface area contributed by atoms with Gasteiger partial charge in [-0.3, -0.25) is 4.79 Å². The standard InChI is InChI=1S/C14H14N4OS2/c1-9-12(21-14(18-9)10-3-2-8-20-10)13(19)17-5-4-11-15-6-7-16-11/h2-3,6-8H,4-5H2,1H3,(H,15,16)(H,17,19). The van der Waals surface area contributed by atoms with Gasteiger partial charge < -0.3 is 10.3 Å². The number of thiazole rings is 1. The summed E-state index contributed by atoms with van der Waals surface area (Å²) in [7, 11) is 0. The van der Waals surface area contributed by atoms with Crippen molar-refractivity contribution in [3.05, 3.63) is 46.3 Å². The highest BCUT2D eigenvalue weighted by Gasteiger charge is 2.16. The van der Waals surface area contributed by atoms with Crippen molar-refractivity contribution in [1.82, 2.24) is 20.3 Å². The van der Waals surface area contributed by atoms with Crippen LogP contribution in [-0.4, -0.2) is 27.4 Å². The lowest BCUT2D eigenvalue weighted by Gasteiger charge is -2.02. The zero-order valence-corrected chi connectivity index (χ0v) is 13.1. The topological polar surface area (TPSA) is 70.7 Å². The van der Waals surface area contributed by atoms with E-state index in [1.807, 2.05) is 24.4 Å². The molecule has 0 fully saturated rings. The summed E-state index contributed by atoms with van der Waals surface area (Å²) >= 11 is 3.07. The van der Waals surface area contributed by atoms with Gasteiger partial charge in [-0.1, -0.05) is 6.07 Å².